The molecule has 0 saturated carbocycles. The van der Waals surface area contributed by atoms with Crippen LogP contribution < -0.4 is 5.32 Å². The van der Waals surface area contributed by atoms with Crippen LogP contribution in [-0.2, 0) is 4.79 Å². The number of carbonyl (C=O) groups excluding carboxylic acids is 1. The van der Waals surface area contributed by atoms with Crippen LogP contribution >= 0.6 is 0 Å². The Morgan fingerprint density at radius 3 is 2.17 bits per heavy atom. The highest BCUT2D eigenvalue weighted by molar-refractivity contribution is 6.66. The molecule has 0 radical (unpaired) electrons. The van der Waals surface area contributed by atoms with Crippen molar-refractivity contribution >= 4 is 23.2 Å². The molecular weight excluding hydrogens is 156 g/mol. The van der Waals surface area contributed by atoms with E-state index in [-0.39, 0.29) is 17.3 Å². The normalized spacial score (nSPS) is 10.8. The maximum absolute atomic E-state index is 10.8. The maximum Gasteiger partial charge on any atom is 0.270 e. The van der Waals surface area contributed by atoms with E-state index in [9.17, 15) is 4.79 Å². The maximum atomic E-state index is 10.8. The SMILES string of the molecule is CNC(=O)C(=N)/C(C)=N\C(C)=N. The molecule has 0 bridgehead atoms. The number of aliphatic imine (C=N–C) groups is 1. The van der Waals surface area contributed by atoms with E-state index in [4.69, 9.17) is 10.8 Å². The summed E-state index contributed by atoms with van der Waals surface area (Å²) in [5.74, 6) is -0.404. The molecule has 12 heavy (non-hydrogen) atoms. The summed E-state index contributed by atoms with van der Waals surface area (Å²) in [6, 6.07) is 0. The van der Waals surface area contributed by atoms with Gasteiger partial charge in [0.1, 0.15) is 11.5 Å². The summed E-state index contributed by atoms with van der Waals surface area (Å²) in [7, 11) is 1.45. The van der Waals surface area contributed by atoms with Crippen LogP contribution in [0.4, 0.5) is 0 Å². The predicted octanol–water partition coefficient (Wildman–Crippen LogP) is 0.210. The van der Waals surface area contributed by atoms with Gasteiger partial charge in [-0.2, -0.15) is 0 Å². The van der Waals surface area contributed by atoms with Gasteiger partial charge in [0.25, 0.3) is 5.91 Å². The zero-order chi connectivity index (χ0) is 9.72. The molecule has 0 aromatic heterocycles. The quantitative estimate of drug-likeness (QED) is 0.399. The van der Waals surface area contributed by atoms with Crippen LogP contribution in [0.25, 0.3) is 0 Å². The number of hydrogen-bond donors (Lipinski definition) is 3. The summed E-state index contributed by atoms with van der Waals surface area (Å²) in [6.45, 7) is 3.01. The molecule has 0 aromatic rings. The molecule has 0 saturated heterocycles. The monoisotopic (exact) mass is 168 g/mol. The van der Waals surface area contributed by atoms with Gasteiger partial charge in [0, 0.05) is 7.05 Å². The summed E-state index contributed by atoms with van der Waals surface area (Å²) >= 11 is 0. The van der Waals surface area contributed by atoms with Gasteiger partial charge in [-0.3, -0.25) is 15.6 Å². The summed E-state index contributed by atoms with van der Waals surface area (Å²) < 4.78 is 0. The minimum absolute atomic E-state index is 0.0844. The second-order valence-corrected chi connectivity index (χ2v) is 2.24. The Hall–Kier alpha value is -1.52. The molecule has 5 nitrogen and oxygen atoms in total. The lowest BCUT2D eigenvalue weighted by Crippen LogP contribution is -2.31. The van der Waals surface area contributed by atoms with E-state index in [1.807, 2.05) is 0 Å². The number of amidine groups is 1. The van der Waals surface area contributed by atoms with Crippen molar-refractivity contribution in [3.63, 3.8) is 0 Å². The fourth-order valence-electron chi connectivity index (χ4n) is 0.597. The number of nitrogens with zero attached hydrogens (tertiary/aromatic N) is 1. The highest BCUT2D eigenvalue weighted by Gasteiger charge is 2.09. The second-order valence-electron chi connectivity index (χ2n) is 2.24. The first-order chi connectivity index (χ1) is 5.49. The average molecular weight is 168 g/mol. The van der Waals surface area contributed by atoms with Crippen molar-refractivity contribution in [2.45, 2.75) is 13.8 Å². The molecular formula is C7H12N4O. The molecule has 0 heterocycles. The summed E-state index contributed by atoms with van der Waals surface area (Å²) in [5, 5.41) is 16.6. The Labute approximate surface area is 70.9 Å². The standard InChI is InChI=1S/C7H12N4O/c1-4(11-5(2)8)6(9)7(12)10-3/h8-9H,1-3H3,(H,10,12)/b8-5?,9-6?,11-4-. The molecule has 0 aliphatic heterocycles. The first kappa shape index (κ1) is 10.5. The lowest BCUT2D eigenvalue weighted by atomic mass is 10.2. The van der Waals surface area contributed by atoms with Crippen molar-refractivity contribution in [3.05, 3.63) is 0 Å². The van der Waals surface area contributed by atoms with Gasteiger partial charge in [0.05, 0.1) is 5.71 Å². The van der Waals surface area contributed by atoms with Crippen LogP contribution in [0.5, 0.6) is 0 Å². The Balaban J connectivity index is 4.50. The van der Waals surface area contributed by atoms with E-state index in [2.05, 4.69) is 10.3 Å². The lowest BCUT2D eigenvalue weighted by Gasteiger charge is -2.00. The highest BCUT2D eigenvalue weighted by atomic mass is 16.1. The number of carbonyl (C=O) groups is 1. The first-order valence-corrected chi connectivity index (χ1v) is 3.40. The Morgan fingerprint density at radius 2 is 1.83 bits per heavy atom. The van der Waals surface area contributed by atoms with Crippen LogP contribution in [0, 0.1) is 10.8 Å². The molecule has 0 fully saturated rings. The van der Waals surface area contributed by atoms with E-state index >= 15 is 0 Å². The zero-order valence-electron chi connectivity index (χ0n) is 7.36. The third kappa shape index (κ3) is 3.05. The summed E-state index contributed by atoms with van der Waals surface area (Å²) in [5.41, 5.74) is 0.0472. The fraction of sp³-hybridized carbons (Fsp3) is 0.429. The van der Waals surface area contributed by atoms with Gasteiger partial charge in [-0.1, -0.05) is 0 Å². The molecule has 3 N–H and O–H groups in total. The molecule has 0 unspecified atom stereocenters. The van der Waals surface area contributed by atoms with Gasteiger partial charge >= 0.3 is 0 Å². The van der Waals surface area contributed by atoms with E-state index in [0.29, 0.717) is 0 Å². The highest BCUT2D eigenvalue weighted by Crippen LogP contribution is 1.84. The Kier molecular flexibility index (Phi) is 3.82. The predicted molar refractivity (Wildman–Crippen MR) is 48.3 cm³/mol. The van der Waals surface area contributed by atoms with Gasteiger partial charge in [0.15, 0.2) is 0 Å². The average Bonchev–Trinajstić information content (AvgIpc) is 2.00. The fourth-order valence-corrected chi connectivity index (χ4v) is 0.597. The van der Waals surface area contributed by atoms with Gasteiger partial charge < -0.3 is 5.32 Å². The van der Waals surface area contributed by atoms with Crippen LogP contribution in [0.15, 0.2) is 4.99 Å². The molecule has 0 aromatic carbocycles. The number of rotatable bonds is 2. The smallest absolute Gasteiger partial charge is 0.270 e. The third-order valence-corrected chi connectivity index (χ3v) is 1.15. The molecule has 0 aliphatic carbocycles. The lowest BCUT2D eigenvalue weighted by molar-refractivity contribution is -0.114. The largest absolute Gasteiger partial charge is 0.354 e. The van der Waals surface area contributed by atoms with Crippen LogP contribution in [0.2, 0.25) is 0 Å². The number of nitrogens with one attached hydrogen (secondary N) is 3. The summed E-state index contributed by atoms with van der Waals surface area (Å²) in [6.07, 6.45) is 0. The van der Waals surface area contributed by atoms with Gasteiger partial charge in [0.2, 0.25) is 0 Å². The molecule has 5 heteroatoms. The molecule has 0 aliphatic rings. The van der Waals surface area contributed by atoms with E-state index in [1.54, 1.807) is 0 Å². The van der Waals surface area contributed by atoms with Crippen molar-refractivity contribution < 1.29 is 4.79 Å². The van der Waals surface area contributed by atoms with Crippen LogP contribution in [0.3, 0.4) is 0 Å². The van der Waals surface area contributed by atoms with Crippen molar-refractivity contribution in [3.8, 4) is 0 Å². The van der Waals surface area contributed by atoms with Gasteiger partial charge in [-0.25, -0.2) is 4.99 Å². The number of amides is 1. The van der Waals surface area contributed by atoms with E-state index in [0.717, 1.165) is 0 Å². The van der Waals surface area contributed by atoms with E-state index < -0.39 is 5.91 Å². The van der Waals surface area contributed by atoms with Crippen molar-refractivity contribution in [2.24, 2.45) is 4.99 Å². The van der Waals surface area contributed by atoms with Gasteiger partial charge in [-0.15, -0.1) is 0 Å². The minimum Gasteiger partial charge on any atom is -0.354 e. The van der Waals surface area contributed by atoms with Crippen LogP contribution in [0.1, 0.15) is 13.8 Å². The Morgan fingerprint density at radius 1 is 1.33 bits per heavy atom. The molecule has 0 rings (SSSR count). The Bertz CT molecular complexity index is 254. The van der Waals surface area contributed by atoms with E-state index in [1.165, 1.54) is 20.9 Å². The number of hydrogen-bond acceptors (Lipinski definition) is 3. The second kappa shape index (κ2) is 4.38. The minimum atomic E-state index is -0.488. The molecule has 1 amide bonds. The van der Waals surface area contributed by atoms with Crippen molar-refractivity contribution in [1.29, 1.82) is 10.8 Å². The zero-order valence-corrected chi connectivity index (χ0v) is 7.36. The summed E-state index contributed by atoms with van der Waals surface area (Å²) in [4.78, 5) is 14.5. The van der Waals surface area contributed by atoms with Crippen LogP contribution in [-0.4, -0.2) is 30.2 Å². The molecule has 0 atom stereocenters. The van der Waals surface area contributed by atoms with Gasteiger partial charge in [-0.05, 0) is 13.8 Å². The van der Waals surface area contributed by atoms with Crippen molar-refractivity contribution in [2.75, 3.05) is 7.05 Å². The topological polar surface area (TPSA) is 89.2 Å². The molecule has 0 spiro atoms. The third-order valence-electron chi connectivity index (χ3n) is 1.15. The molecule has 66 valence electrons. The van der Waals surface area contributed by atoms with Crippen molar-refractivity contribution in [1.82, 2.24) is 5.32 Å². The first-order valence-electron chi connectivity index (χ1n) is 3.40.